The molecule has 61 heavy (non-hydrogen) atoms. The van der Waals surface area contributed by atoms with E-state index in [1.54, 1.807) is 6.92 Å². The van der Waals surface area contributed by atoms with E-state index < -0.39 is 0 Å². The summed E-state index contributed by atoms with van der Waals surface area (Å²) >= 11 is 1.31. The van der Waals surface area contributed by atoms with Crippen molar-refractivity contribution >= 4 is 63.2 Å². The van der Waals surface area contributed by atoms with Crippen molar-refractivity contribution < 1.29 is 4.79 Å². The third-order valence-corrected chi connectivity index (χ3v) is 11.5. The summed E-state index contributed by atoms with van der Waals surface area (Å²) in [7, 11) is 0. The van der Waals surface area contributed by atoms with Crippen molar-refractivity contribution in [1.82, 2.24) is 34.9 Å². The monoisotopic (exact) mass is 805 g/mol. The number of fused-ring (bicyclic) bond motifs is 8. The van der Waals surface area contributed by atoms with E-state index in [1.807, 2.05) is 97.8 Å². The molecule has 9 heteroatoms. The van der Waals surface area contributed by atoms with Gasteiger partial charge >= 0.3 is 0 Å². The molecule has 2 aliphatic rings. The van der Waals surface area contributed by atoms with E-state index in [0.717, 1.165) is 106 Å². The quantitative estimate of drug-likeness (QED) is 0.161. The largest absolute Gasteiger partial charge is 0.354 e. The number of rotatable bonds is 6. The molecule has 0 atom stereocenters. The molecule has 10 rings (SSSR count). The van der Waals surface area contributed by atoms with Crippen LogP contribution in [-0.2, 0) is 10.5 Å². The molecule has 0 saturated heterocycles. The van der Waals surface area contributed by atoms with E-state index >= 15 is 0 Å². The molecule has 0 fully saturated rings. The lowest BCUT2D eigenvalue weighted by atomic mass is 10.0. The van der Waals surface area contributed by atoms with Crippen molar-refractivity contribution in [2.75, 3.05) is 0 Å². The number of H-pyrrole nitrogens is 2. The maximum absolute atomic E-state index is 11.4. The Kier molecular flexibility index (Phi) is 10.0. The topological polar surface area (TPSA) is 113 Å². The highest BCUT2D eigenvalue weighted by Crippen LogP contribution is 2.38. The highest BCUT2D eigenvalue weighted by atomic mass is 32.2. The summed E-state index contributed by atoms with van der Waals surface area (Å²) in [4.78, 5) is 42.7. The van der Waals surface area contributed by atoms with Gasteiger partial charge in [0.05, 0.1) is 22.8 Å². The van der Waals surface area contributed by atoms with Crippen molar-refractivity contribution in [3.05, 3.63) is 186 Å². The number of thioether (sulfide) groups is 1. The summed E-state index contributed by atoms with van der Waals surface area (Å²) in [5.74, 6) is 7.28. The average Bonchev–Trinajstić information content (AvgIpc) is 4.15. The molecule has 0 spiro atoms. The van der Waals surface area contributed by atoms with Crippen LogP contribution in [-0.4, -0.2) is 40.0 Å². The van der Waals surface area contributed by atoms with Crippen molar-refractivity contribution in [2.24, 2.45) is 0 Å². The zero-order chi connectivity index (χ0) is 41.1. The van der Waals surface area contributed by atoms with Crippen molar-refractivity contribution in [3.8, 4) is 56.3 Å². The minimum absolute atomic E-state index is 0.110. The highest BCUT2D eigenvalue weighted by molar-refractivity contribution is 8.12. The van der Waals surface area contributed by atoms with Crippen molar-refractivity contribution in [3.63, 3.8) is 0 Å². The summed E-state index contributed by atoms with van der Waals surface area (Å²) in [6, 6.07) is 36.9. The van der Waals surface area contributed by atoms with Crippen LogP contribution in [0.15, 0.2) is 146 Å². The third kappa shape index (κ3) is 7.72. The van der Waals surface area contributed by atoms with Crippen LogP contribution >= 0.6 is 11.8 Å². The van der Waals surface area contributed by atoms with Crippen LogP contribution in [0.2, 0.25) is 0 Å². The van der Waals surface area contributed by atoms with Gasteiger partial charge in [0.2, 0.25) is 0 Å². The van der Waals surface area contributed by atoms with Gasteiger partial charge in [-0.05, 0) is 137 Å². The fourth-order valence-corrected chi connectivity index (χ4v) is 8.27. The van der Waals surface area contributed by atoms with Gasteiger partial charge in [-0.2, -0.15) is 0 Å². The fraction of sp³-hybridized carbons (Fsp3) is 0.0385. The standard InChI is InChI=1S/C52H35N7OS/c1-33(60)61-32-36-6-4-34(5-7-36)2-3-35-8-10-37(11-9-35)49-41-12-14-43(56-41)50(38-20-26-53-27-21-38)45-16-18-47(58-45)52(40-24-30-55-31-25-40)48-19-17-46(59-48)51(39-22-28-54-29-23-39)44-15-13-42(49)57-44/h4-31,56,59H,32H2,1H3. The molecule has 8 heterocycles. The van der Waals surface area contributed by atoms with Crippen LogP contribution < -0.4 is 0 Å². The van der Waals surface area contributed by atoms with E-state index in [4.69, 9.17) is 9.97 Å². The Hall–Kier alpha value is -7.93. The molecule has 8 aromatic rings. The smallest absolute Gasteiger partial charge is 0.186 e. The molecular formula is C52H35N7OS. The van der Waals surface area contributed by atoms with E-state index in [1.165, 1.54) is 11.8 Å². The second-order valence-corrected chi connectivity index (χ2v) is 15.7. The minimum atomic E-state index is 0.110. The van der Waals surface area contributed by atoms with Gasteiger partial charge in [0.25, 0.3) is 0 Å². The summed E-state index contributed by atoms with van der Waals surface area (Å²) in [6.07, 6.45) is 19.2. The second kappa shape index (κ2) is 16.4. The van der Waals surface area contributed by atoms with Crippen LogP contribution in [0.5, 0.6) is 0 Å². The van der Waals surface area contributed by atoms with Gasteiger partial charge < -0.3 is 9.97 Å². The summed E-state index contributed by atoms with van der Waals surface area (Å²) in [5, 5.41) is 0.110. The van der Waals surface area contributed by atoms with E-state index in [2.05, 4.69) is 110 Å². The molecular weight excluding hydrogens is 771 g/mol. The Balaban J connectivity index is 1.20. The molecule has 2 aliphatic heterocycles. The van der Waals surface area contributed by atoms with Gasteiger partial charge in [0.15, 0.2) is 5.12 Å². The lowest BCUT2D eigenvalue weighted by Gasteiger charge is -2.07. The second-order valence-electron chi connectivity index (χ2n) is 14.5. The molecule has 2 N–H and O–H groups in total. The molecule has 0 saturated carbocycles. The molecule has 6 aromatic heterocycles. The highest BCUT2D eigenvalue weighted by Gasteiger charge is 2.19. The number of pyridine rings is 3. The predicted octanol–water partition coefficient (Wildman–Crippen LogP) is 11.7. The maximum Gasteiger partial charge on any atom is 0.186 e. The predicted molar refractivity (Wildman–Crippen MR) is 248 cm³/mol. The first kappa shape index (κ1) is 37.3. The lowest BCUT2D eigenvalue weighted by Crippen LogP contribution is -1.90. The van der Waals surface area contributed by atoms with Gasteiger partial charge in [0.1, 0.15) is 0 Å². The Morgan fingerprint density at radius 1 is 0.459 bits per heavy atom. The van der Waals surface area contributed by atoms with Gasteiger partial charge in [-0.3, -0.25) is 19.7 Å². The van der Waals surface area contributed by atoms with Crippen LogP contribution in [0.25, 0.3) is 90.9 Å². The van der Waals surface area contributed by atoms with Gasteiger partial charge in [-0.15, -0.1) is 0 Å². The van der Waals surface area contributed by atoms with Gasteiger partial charge in [-0.25, -0.2) is 9.97 Å². The summed E-state index contributed by atoms with van der Waals surface area (Å²) in [5.41, 5.74) is 17.6. The van der Waals surface area contributed by atoms with Crippen LogP contribution in [0.4, 0.5) is 0 Å². The Labute approximate surface area is 356 Å². The molecule has 8 bridgehead atoms. The van der Waals surface area contributed by atoms with Crippen molar-refractivity contribution in [1.29, 1.82) is 0 Å². The molecule has 0 unspecified atom stereocenters. The summed E-state index contributed by atoms with van der Waals surface area (Å²) in [6.45, 7) is 1.59. The maximum atomic E-state index is 11.4. The van der Waals surface area contributed by atoms with Gasteiger partial charge in [0, 0.05) is 105 Å². The Morgan fingerprint density at radius 2 is 0.787 bits per heavy atom. The number of nitrogens with one attached hydrogen (secondary N) is 2. The molecule has 8 nitrogen and oxygen atoms in total. The SMILES string of the molecule is CC(=O)SCc1ccc(C#Cc2ccc(-c3c4nc(c(-c5ccncc5)c5ccc([nH]5)c(-c5ccncc5)c5nc(c(-c6ccncc6)c6ccc3[nH]6)C=C5)C=C4)cc2)cc1. The van der Waals surface area contributed by atoms with Crippen molar-refractivity contribution in [2.45, 2.75) is 12.7 Å². The first-order valence-corrected chi connectivity index (χ1v) is 20.7. The number of nitrogens with zero attached hydrogens (tertiary/aromatic N) is 5. The number of aromatic nitrogens is 7. The first-order chi connectivity index (χ1) is 30.0. The van der Waals surface area contributed by atoms with E-state index in [-0.39, 0.29) is 5.12 Å². The molecule has 0 amide bonds. The van der Waals surface area contributed by atoms with E-state index in [0.29, 0.717) is 5.75 Å². The molecule has 290 valence electrons. The zero-order valence-corrected chi connectivity index (χ0v) is 33.7. The normalized spacial score (nSPS) is 11.6. The number of aromatic amines is 2. The van der Waals surface area contributed by atoms with Crippen LogP contribution in [0.3, 0.4) is 0 Å². The molecule has 2 aromatic carbocycles. The molecule has 0 aliphatic carbocycles. The fourth-order valence-electron chi connectivity index (χ4n) is 7.71. The Morgan fingerprint density at radius 3 is 1.13 bits per heavy atom. The average molecular weight is 806 g/mol. The van der Waals surface area contributed by atoms with Crippen LogP contribution in [0.1, 0.15) is 46.4 Å². The Bertz CT molecular complexity index is 3210. The summed E-state index contributed by atoms with van der Waals surface area (Å²) < 4.78 is 0. The number of benzene rings is 2. The number of hydrogen-bond acceptors (Lipinski definition) is 7. The third-order valence-electron chi connectivity index (χ3n) is 10.6. The lowest BCUT2D eigenvalue weighted by molar-refractivity contribution is -0.109. The minimum Gasteiger partial charge on any atom is -0.354 e. The first-order valence-electron chi connectivity index (χ1n) is 19.8. The molecule has 0 radical (unpaired) electrons. The van der Waals surface area contributed by atoms with Gasteiger partial charge in [-0.1, -0.05) is 47.9 Å². The number of carbonyl (C=O) groups excluding carboxylic acids is 1. The van der Waals surface area contributed by atoms with Crippen LogP contribution in [0, 0.1) is 11.8 Å². The number of carbonyl (C=O) groups is 1. The van der Waals surface area contributed by atoms with E-state index in [9.17, 15) is 4.79 Å². The zero-order valence-electron chi connectivity index (χ0n) is 32.9. The number of hydrogen-bond donors (Lipinski definition) is 2.